The van der Waals surface area contributed by atoms with E-state index in [2.05, 4.69) is 20.8 Å². The fourth-order valence-electron chi connectivity index (χ4n) is 2.27. The molecule has 0 aliphatic rings. The lowest BCUT2D eigenvalue weighted by molar-refractivity contribution is 0.358. The summed E-state index contributed by atoms with van der Waals surface area (Å²) in [5, 5.41) is 0. The summed E-state index contributed by atoms with van der Waals surface area (Å²) < 4.78 is 0. The summed E-state index contributed by atoms with van der Waals surface area (Å²) in [7, 11) is 3.64. The zero-order valence-corrected chi connectivity index (χ0v) is 12.3. The molecule has 1 aromatic rings. The van der Waals surface area contributed by atoms with Crippen molar-refractivity contribution in [1.82, 2.24) is 0 Å². The van der Waals surface area contributed by atoms with Crippen LogP contribution in [0.1, 0.15) is 52.0 Å². The van der Waals surface area contributed by atoms with Crippen molar-refractivity contribution in [2.75, 3.05) is 19.0 Å². The van der Waals surface area contributed by atoms with Gasteiger partial charge in [0.25, 0.3) is 0 Å². The molecule has 1 aromatic carbocycles. The van der Waals surface area contributed by atoms with Crippen LogP contribution in [0.15, 0.2) is 9.59 Å². The molecule has 0 unspecified atom stereocenters. The van der Waals surface area contributed by atoms with Crippen LogP contribution in [0.2, 0.25) is 0 Å². The Morgan fingerprint density at radius 2 is 1.56 bits per heavy atom. The Morgan fingerprint density at radius 3 is 2.06 bits per heavy atom. The average Bonchev–Trinajstić information content (AvgIpc) is 2.24. The first-order valence-electron chi connectivity index (χ1n) is 6.73. The Labute approximate surface area is 110 Å². The molecule has 18 heavy (non-hydrogen) atoms. The minimum Gasteiger partial charge on any atom is -0.374 e. The molecule has 1 rings (SSSR count). The first kappa shape index (κ1) is 14.9. The molecular formula is C15H25NO2. The summed E-state index contributed by atoms with van der Waals surface area (Å²) in [6.07, 6.45) is 5.28. The molecule has 3 heteroatoms. The number of unbranched alkanes of at least 4 members (excludes halogenated alkanes) is 2. The summed E-state index contributed by atoms with van der Waals surface area (Å²) >= 11 is 0. The number of anilines is 1. The first-order chi connectivity index (χ1) is 8.24. The third kappa shape index (κ3) is 3.69. The van der Waals surface area contributed by atoms with Gasteiger partial charge in [-0.1, -0.05) is 33.6 Å². The number of hydrogen-bond donors (Lipinski definition) is 0. The normalized spacial score (nSPS) is 12.1. The van der Waals surface area contributed by atoms with E-state index in [1.165, 1.54) is 12.8 Å². The van der Waals surface area contributed by atoms with Crippen LogP contribution in [0, 0.1) is 5.41 Å². The van der Waals surface area contributed by atoms with Crippen LogP contribution in [0.25, 0.3) is 0 Å². The zero-order valence-electron chi connectivity index (χ0n) is 12.3. The van der Waals surface area contributed by atoms with Crippen molar-refractivity contribution in [1.29, 1.82) is 0 Å². The van der Waals surface area contributed by atoms with Crippen LogP contribution in [-0.4, -0.2) is 14.1 Å². The second-order valence-corrected chi connectivity index (χ2v) is 6.50. The van der Waals surface area contributed by atoms with Crippen molar-refractivity contribution in [3.63, 3.8) is 0 Å². The predicted molar refractivity (Wildman–Crippen MR) is 77.3 cm³/mol. The number of hydrogen-bond acceptors (Lipinski definition) is 3. The molecule has 0 saturated carbocycles. The van der Waals surface area contributed by atoms with E-state index in [1.807, 2.05) is 14.1 Å². The van der Waals surface area contributed by atoms with Crippen LogP contribution >= 0.6 is 0 Å². The standard InChI is InChI=1S/C15H25NO2/c1-15(2,3)10-8-6-7-9-11-12(16(4)5)14(18)13(11)17/h6-10H2,1-5H3. The van der Waals surface area contributed by atoms with Crippen molar-refractivity contribution in [2.45, 2.75) is 52.9 Å². The van der Waals surface area contributed by atoms with Gasteiger partial charge in [0.15, 0.2) is 0 Å². The molecule has 0 spiro atoms. The van der Waals surface area contributed by atoms with Gasteiger partial charge in [0.2, 0.25) is 10.9 Å². The number of rotatable bonds is 6. The lowest BCUT2D eigenvalue weighted by atomic mass is 9.89. The van der Waals surface area contributed by atoms with E-state index in [0.29, 0.717) is 11.1 Å². The van der Waals surface area contributed by atoms with Crippen molar-refractivity contribution in [3.05, 3.63) is 26.0 Å². The van der Waals surface area contributed by atoms with Crippen molar-refractivity contribution in [2.24, 2.45) is 5.41 Å². The van der Waals surface area contributed by atoms with Gasteiger partial charge in [0.1, 0.15) is 0 Å². The van der Waals surface area contributed by atoms with Crippen LogP contribution in [0.4, 0.5) is 5.69 Å². The van der Waals surface area contributed by atoms with E-state index in [0.717, 1.165) is 24.8 Å². The average molecular weight is 251 g/mol. The van der Waals surface area contributed by atoms with Gasteiger partial charge in [-0.15, -0.1) is 0 Å². The Kier molecular flexibility index (Phi) is 4.71. The minimum absolute atomic E-state index is 0.269. The highest BCUT2D eigenvalue weighted by molar-refractivity contribution is 5.57. The second-order valence-electron chi connectivity index (χ2n) is 6.50. The molecule has 0 atom stereocenters. The first-order valence-corrected chi connectivity index (χ1v) is 6.73. The Balaban J connectivity index is 2.39. The van der Waals surface area contributed by atoms with Gasteiger partial charge >= 0.3 is 0 Å². The molecular weight excluding hydrogens is 226 g/mol. The molecule has 3 nitrogen and oxygen atoms in total. The summed E-state index contributed by atoms with van der Waals surface area (Å²) in [5.74, 6) is 0. The lowest BCUT2D eigenvalue weighted by Crippen LogP contribution is -2.41. The summed E-state index contributed by atoms with van der Waals surface area (Å²) in [6.45, 7) is 6.73. The van der Waals surface area contributed by atoms with Crippen LogP contribution in [0.3, 0.4) is 0 Å². The van der Waals surface area contributed by atoms with E-state index >= 15 is 0 Å². The molecule has 102 valence electrons. The minimum atomic E-state index is -0.315. The number of nitrogens with zero attached hydrogens (tertiary/aromatic N) is 1. The van der Waals surface area contributed by atoms with E-state index in [9.17, 15) is 9.59 Å². The Bertz CT molecular complexity index is 459. The third-order valence-electron chi connectivity index (χ3n) is 3.28. The van der Waals surface area contributed by atoms with Gasteiger partial charge in [-0.25, -0.2) is 0 Å². The van der Waals surface area contributed by atoms with E-state index in [1.54, 1.807) is 4.90 Å². The summed E-state index contributed by atoms with van der Waals surface area (Å²) in [6, 6.07) is 0. The molecule has 0 radical (unpaired) electrons. The Hall–Kier alpha value is -1.12. The molecule has 0 saturated heterocycles. The van der Waals surface area contributed by atoms with Gasteiger partial charge < -0.3 is 4.90 Å². The second kappa shape index (κ2) is 5.68. The molecule has 0 aliphatic heterocycles. The topological polar surface area (TPSA) is 37.4 Å². The fourth-order valence-corrected chi connectivity index (χ4v) is 2.27. The van der Waals surface area contributed by atoms with Crippen molar-refractivity contribution in [3.8, 4) is 0 Å². The SMILES string of the molecule is CN(C)c1c(CCCCCC(C)(C)C)c(=O)c1=O. The summed E-state index contributed by atoms with van der Waals surface area (Å²) in [4.78, 5) is 24.6. The van der Waals surface area contributed by atoms with Crippen LogP contribution in [-0.2, 0) is 6.42 Å². The maximum Gasteiger partial charge on any atom is 0.249 e. The van der Waals surface area contributed by atoms with Gasteiger partial charge in [-0.05, 0) is 24.7 Å². The zero-order chi connectivity index (χ0) is 13.9. The van der Waals surface area contributed by atoms with Crippen LogP contribution in [0.5, 0.6) is 0 Å². The van der Waals surface area contributed by atoms with E-state index in [-0.39, 0.29) is 10.9 Å². The predicted octanol–water partition coefficient (Wildman–Crippen LogP) is 2.50. The van der Waals surface area contributed by atoms with Crippen molar-refractivity contribution < 1.29 is 0 Å². The van der Waals surface area contributed by atoms with Gasteiger partial charge in [0.05, 0.1) is 5.69 Å². The highest BCUT2D eigenvalue weighted by atomic mass is 16.2. The quantitative estimate of drug-likeness (QED) is 0.576. The third-order valence-corrected chi connectivity index (χ3v) is 3.28. The fraction of sp³-hybridized carbons (Fsp3) is 0.733. The molecule has 0 N–H and O–H groups in total. The molecule has 0 aromatic heterocycles. The maximum atomic E-state index is 11.5. The van der Waals surface area contributed by atoms with Gasteiger partial charge in [0, 0.05) is 19.7 Å². The smallest absolute Gasteiger partial charge is 0.249 e. The molecule has 0 aliphatic carbocycles. The van der Waals surface area contributed by atoms with E-state index in [4.69, 9.17) is 0 Å². The summed E-state index contributed by atoms with van der Waals surface area (Å²) in [5.41, 5.74) is 1.16. The van der Waals surface area contributed by atoms with E-state index < -0.39 is 0 Å². The molecule has 0 fully saturated rings. The maximum absolute atomic E-state index is 11.5. The highest BCUT2D eigenvalue weighted by Gasteiger charge is 2.21. The largest absolute Gasteiger partial charge is 0.374 e. The van der Waals surface area contributed by atoms with Gasteiger partial charge in [-0.2, -0.15) is 0 Å². The van der Waals surface area contributed by atoms with Gasteiger partial charge in [-0.3, -0.25) is 9.59 Å². The lowest BCUT2D eigenvalue weighted by Gasteiger charge is -2.19. The molecule has 0 bridgehead atoms. The van der Waals surface area contributed by atoms with Crippen molar-refractivity contribution >= 4 is 5.69 Å². The molecule has 0 heterocycles. The monoisotopic (exact) mass is 251 g/mol. The van der Waals surface area contributed by atoms with Crippen LogP contribution < -0.4 is 15.8 Å². The molecule has 0 amide bonds. The Morgan fingerprint density at radius 1 is 0.944 bits per heavy atom. The highest BCUT2D eigenvalue weighted by Crippen LogP contribution is 2.23.